The maximum Gasteiger partial charge on any atom is 0.573 e. The molecule has 1 heterocycles. The van der Waals surface area contributed by atoms with Crippen LogP contribution in [0, 0.1) is 13.8 Å². The van der Waals surface area contributed by atoms with Crippen LogP contribution < -0.4 is 15.8 Å². The quantitative estimate of drug-likeness (QED) is 0.492. The third-order valence-corrected chi connectivity index (χ3v) is 4.01. The molecular formula is C20H20F3N5O. The Morgan fingerprint density at radius 3 is 2.45 bits per heavy atom. The number of nitrogens with zero attached hydrogens (tertiary/aromatic N) is 3. The molecule has 0 aliphatic carbocycles. The van der Waals surface area contributed by atoms with Crippen molar-refractivity contribution in [3.63, 3.8) is 0 Å². The van der Waals surface area contributed by atoms with Gasteiger partial charge in [0.05, 0.1) is 17.9 Å². The lowest BCUT2D eigenvalue weighted by Crippen LogP contribution is -2.22. The molecule has 9 heteroatoms. The summed E-state index contributed by atoms with van der Waals surface area (Å²) >= 11 is 0. The highest BCUT2D eigenvalue weighted by molar-refractivity contribution is 5.92. The molecule has 0 atom stereocenters. The van der Waals surface area contributed by atoms with Crippen LogP contribution in [0.5, 0.6) is 5.75 Å². The Labute approximate surface area is 165 Å². The van der Waals surface area contributed by atoms with Gasteiger partial charge in [-0.25, -0.2) is 9.67 Å². The van der Waals surface area contributed by atoms with Crippen molar-refractivity contribution in [3.05, 3.63) is 71.5 Å². The molecule has 0 saturated heterocycles. The Hall–Kier alpha value is -3.49. The molecule has 3 N–H and O–H groups in total. The molecule has 0 fully saturated rings. The van der Waals surface area contributed by atoms with Crippen molar-refractivity contribution in [1.29, 1.82) is 0 Å². The third-order valence-electron chi connectivity index (χ3n) is 4.01. The predicted molar refractivity (Wildman–Crippen MR) is 105 cm³/mol. The summed E-state index contributed by atoms with van der Waals surface area (Å²) in [6.07, 6.45) is -4.73. The third kappa shape index (κ3) is 5.50. The largest absolute Gasteiger partial charge is 0.573 e. The summed E-state index contributed by atoms with van der Waals surface area (Å²) in [6, 6.07) is 14.9. The zero-order valence-electron chi connectivity index (χ0n) is 15.9. The second-order valence-electron chi connectivity index (χ2n) is 6.37. The van der Waals surface area contributed by atoms with E-state index >= 15 is 0 Å². The fourth-order valence-electron chi connectivity index (χ4n) is 2.82. The Bertz CT molecular complexity index is 1010. The van der Waals surface area contributed by atoms with E-state index in [1.165, 1.54) is 24.3 Å². The minimum atomic E-state index is -4.73. The summed E-state index contributed by atoms with van der Waals surface area (Å²) in [5.41, 5.74) is 10.2. The van der Waals surface area contributed by atoms with Crippen LogP contribution in [0.25, 0.3) is 5.69 Å². The molecule has 2 aromatic carbocycles. The van der Waals surface area contributed by atoms with E-state index in [4.69, 9.17) is 5.73 Å². The molecule has 0 bridgehead atoms. The topological polar surface area (TPSA) is 77.5 Å². The van der Waals surface area contributed by atoms with E-state index < -0.39 is 6.36 Å². The number of nitrogens with two attached hydrogens (primary N) is 1. The summed E-state index contributed by atoms with van der Waals surface area (Å²) in [6.45, 7) is 4.21. The van der Waals surface area contributed by atoms with E-state index in [0.717, 1.165) is 22.6 Å². The van der Waals surface area contributed by atoms with Crippen LogP contribution in [0.1, 0.15) is 17.0 Å². The van der Waals surface area contributed by atoms with Gasteiger partial charge in [0, 0.05) is 11.4 Å². The normalized spacial score (nSPS) is 12.1. The zero-order valence-corrected chi connectivity index (χ0v) is 15.9. The Morgan fingerprint density at radius 2 is 1.83 bits per heavy atom. The van der Waals surface area contributed by atoms with E-state index in [2.05, 4.69) is 20.1 Å². The molecule has 0 radical (unpaired) electrons. The van der Waals surface area contributed by atoms with E-state index in [0.29, 0.717) is 12.2 Å². The number of aromatic nitrogens is 2. The first-order chi connectivity index (χ1) is 13.7. The number of nitrogens with one attached hydrogen (secondary N) is 1. The number of para-hydroxylation sites is 1. The minimum absolute atomic E-state index is 0.137. The van der Waals surface area contributed by atoms with Crippen molar-refractivity contribution in [2.45, 2.75) is 26.8 Å². The Morgan fingerprint density at radius 1 is 1.14 bits per heavy atom. The molecular weight excluding hydrogens is 383 g/mol. The zero-order chi connectivity index (χ0) is 21.0. The highest BCUT2D eigenvalue weighted by atomic mass is 19.4. The molecule has 0 aliphatic rings. The fourth-order valence-corrected chi connectivity index (χ4v) is 2.82. The average molecular weight is 403 g/mol. The molecule has 0 amide bonds. The smallest absolute Gasteiger partial charge is 0.406 e. The highest BCUT2D eigenvalue weighted by Gasteiger charge is 2.30. The molecule has 0 aliphatic heterocycles. The predicted octanol–water partition coefficient (Wildman–Crippen LogP) is 4.31. The average Bonchev–Trinajstić information content (AvgIpc) is 2.99. The van der Waals surface area contributed by atoms with Gasteiger partial charge < -0.3 is 15.8 Å². The Balaban J connectivity index is 1.70. The van der Waals surface area contributed by atoms with E-state index in [9.17, 15) is 13.2 Å². The van der Waals surface area contributed by atoms with E-state index in [1.54, 1.807) is 0 Å². The van der Waals surface area contributed by atoms with Gasteiger partial charge in [-0.1, -0.05) is 18.2 Å². The SMILES string of the molecule is Cc1cc(C)n(-c2ccccc2CN=C(N)Nc2ccc(OC(F)(F)F)cc2)n1. The standard InChI is InChI=1S/C20H20F3N5O/c1-13-11-14(2)28(27-13)18-6-4-3-5-15(18)12-25-19(24)26-16-7-9-17(10-8-16)29-20(21,22)23/h3-11H,12H2,1-2H3,(H3,24,25,26). The van der Waals surface area contributed by atoms with Gasteiger partial charge in [-0.3, -0.25) is 0 Å². The number of guanidine groups is 1. The van der Waals surface area contributed by atoms with Crippen LogP contribution in [0.3, 0.4) is 0 Å². The van der Waals surface area contributed by atoms with Crippen LogP contribution in [-0.4, -0.2) is 22.1 Å². The molecule has 0 spiro atoms. The highest BCUT2D eigenvalue weighted by Crippen LogP contribution is 2.24. The van der Waals surface area contributed by atoms with Gasteiger partial charge in [-0.2, -0.15) is 5.10 Å². The van der Waals surface area contributed by atoms with E-state index in [-0.39, 0.29) is 11.7 Å². The first-order valence-electron chi connectivity index (χ1n) is 8.75. The molecule has 0 unspecified atom stereocenters. The van der Waals surface area contributed by atoms with Gasteiger partial charge in [-0.15, -0.1) is 13.2 Å². The van der Waals surface area contributed by atoms with Crippen molar-refractivity contribution in [3.8, 4) is 11.4 Å². The van der Waals surface area contributed by atoms with Crippen LogP contribution >= 0.6 is 0 Å². The van der Waals surface area contributed by atoms with Crippen LogP contribution in [0.4, 0.5) is 18.9 Å². The van der Waals surface area contributed by atoms with Crippen LogP contribution in [0.2, 0.25) is 0 Å². The van der Waals surface area contributed by atoms with Gasteiger partial charge in [-0.05, 0) is 55.8 Å². The van der Waals surface area contributed by atoms with Gasteiger partial charge in [0.1, 0.15) is 5.75 Å². The molecule has 0 saturated carbocycles. The summed E-state index contributed by atoms with van der Waals surface area (Å²) < 4.78 is 42.3. The number of hydrogen-bond acceptors (Lipinski definition) is 3. The van der Waals surface area contributed by atoms with Crippen molar-refractivity contribution in [2.24, 2.45) is 10.7 Å². The number of anilines is 1. The molecule has 3 rings (SSSR count). The maximum absolute atomic E-state index is 12.2. The minimum Gasteiger partial charge on any atom is -0.406 e. The maximum atomic E-state index is 12.2. The van der Waals surface area contributed by atoms with Gasteiger partial charge in [0.15, 0.2) is 5.96 Å². The second-order valence-corrected chi connectivity index (χ2v) is 6.37. The number of ether oxygens (including phenoxy) is 1. The van der Waals surface area contributed by atoms with Crippen molar-refractivity contribution in [2.75, 3.05) is 5.32 Å². The second kappa shape index (κ2) is 8.26. The van der Waals surface area contributed by atoms with Crippen molar-refractivity contribution in [1.82, 2.24) is 9.78 Å². The van der Waals surface area contributed by atoms with E-state index in [1.807, 2.05) is 48.9 Å². The molecule has 3 aromatic rings. The lowest BCUT2D eigenvalue weighted by Gasteiger charge is -2.11. The monoisotopic (exact) mass is 403 g/mol. The summed E-state index contributed by atoms with van der Waals surface area (Å²) in [7, 11) is 0. The number of aryl methyl sites for hydroxylation is 2. The summed E-state index contributed by atoms with van der Waals surface area (Å²) in [4.78, 5) is 4.33. The number of hydrogen-bond donors (Lipinski definition) is 2. The molecule has 1 aromatic heterocycles. The number of alkyl halides is 3. The van der Waals surface area contributed by atoms with Crippen molar-refractivity contribution < 1.29 is 17.9 Å². The number of rotatable bonds is 5. The van der Waals surface area contributed by atoms with Crippen molar-refractivity contribution >= 4 is 11.6 Å². The summed E-state index contributed by atoms with van der Waals surface area (Å²) in [5.74, 6) is -0.171. The molecule has 29 heavy (non-hydrogen) atoms. The van der Waals surface area contributed by atoms with Crippen LogP contribution in [-0.2, 0) is 6.54 Å². The lowest BCUT2D eigenvalue weighted by atomic mass is 10.2. The van der Waals surface area contributed by atoms with Gasteiger partial charge in [0.2, 0.25) is 0 Å². The summed E-state index contributed by atoms with van der Waals surface area (Å²) in [5, 5.41) is 7.34. The lowest BCUT2D eigenvalue weighted by molar-refractivity contribution is -0.274. The fraction of sp³-hybridized carbons (Fsp3) is 0.200. The number of benzene rings is 2. The number of halogens is 3. The molecule has 152 valence electrons. The van der Waals surface area contributed by atoms with Gasteiger partial charge >= 0.3 is 6.36 Å². The number of aliphatic imine (C=N–C) groups is 1. The first-order valence-corrected chi connectivity index (χ1v) is 8.75. The van der Waals surface area contributed by atoms with Crippen LogP contribution in [0.15, 0.2) is 59.6 Å². The first kappa shape index (κ1) is 20.2. The Kier molecular flexibility index (Phi) is 5.76. The van der Waals surface area contributed by atoms with Gasteiger partial charge in [0.25, 0.3) is 0 Å². The molecule has 6 nitrogen and oxygen atoms in total.